The van der Waals surface area contributed by atoms with Gasteiger partial charge in [0.25, 0.3) is 33.7 Å². The average molecular weight is 682 g/mol. The molecule has 0 fully saturated rings. The van der Waals surface area contributed by atoms with Gasteiger partial charge in [-0.15, -0.1) is 0 Å². The standard InChI is InChI=1S/C35H27N3O6.CH4O3S/c39-32-24-8-3-6-22-28(24)26(18-20-10-16-43-30(20)22)34(41)37(32)14-2-1-12-36-13-5-15-38-33(40)25-9-4-7-23-29(25)27(35(38)42)19-21-11-17-44-31(21)23;1-5(2,3)4/h3-4,6-11,16-19,36H,1-2,5,12-15H2;1H3,(H,2,3,4). The summed E-state index contributed by atoms with van der Waals surface area (Å²) >= 11 is 0. The van der Waals surface area contributed by atoms with E-state index in [0.717, 1.165) is 28.0 Å². The molecular weight excluding hydrogens is 650 g/mol. The van der Waals surface area contributed by atoms with Gasteiger partial charge >= 0.3 is 0 Å². The minimum absolute atomic E-state index is 0.281. The maximum Gasteiger partial charge on any atom is 0.261 e. The number of rotatable bonds is 9. The quantitative estimate of drug-likeness (QED) is 0.111. The van der Waals surface area contributed by atoms with E-state index in [1.807, 2.05) is 42.5 Å². The van der Waals surface area contributed by atoms with E-state index < -0.39 is 10.1 Å². The number of amides is 4. The number of hydrogen-bond donors (Lipinski definition) is 2. The van der Waals surface area contributed by atoms with Gasteiger partial charge in [-0.2, -0.15) is 8.42 Å². The van der Waals surface area contributed by atoms with Crippen molar-refractivity contribution in [2.75, 3.05) is 32.4 Å². The first-order valence-electron chi connectivity index (χ1n) is 15.7. The molecule has 6 aromatic rings. The predicted molar refractivity (Wildman–Crippen MR) is 182 cm³/mol. The summed E-state index contributed by atoms with van der Waals surface area (Å²) in [4.78, 5) is 56.0. The molecule has 0 unspecified atom stereocenters. The molecule has 12 nitrogen and oxygen atoms in total. The van der Waals surface area contributed by atoms with Crippen molar-refractivity contribution in [1.82, 2.24) is 15.1 Å². The highest BCUT2D eigenvalue weighted by Crippen LogP contribution is 2.37. The Balaban J connectivity index is 0.000000707. The normalized spacial score (nSPS) is 14.4. The second kappa shape index (κ2) is 12.6. The highest BCUT2D eigenvalue weighted by atomic mass is 32.2. The number of furan rings is 2. The molecule has 4 heterocycles. The highest BCUT2D eigenvalue weighted by molar-refractivity contribution is 7.85. The van der Waals surface area contributed by atoms with E-state index in [1.54, 1.807) is 30.7 Å². The summed E-state index contributed by atoms with van der Waals surface area (Å²) in [5, 5.41) is 7.88. The van der Waals surface area contributed by atoms with Gasteiger partial charge in [-0.25, -0.2) is 0 Å². The average Bonchev–Trinajstić information content (AvgIpc) is 3.75. The minimum atomic E-state index is -3.67. The molecule has 0 spiro atoms. The number of carbonyl (C=O) groups excluding carboxylic acids is 4. The van der Waals surface area contributed by atoms with Gasteiger partial charge in [0, 0.05) is 67.7 Å². The second-order valence-corrected chi connectivity index (χ2v) is 13.5. The molecular formula is C36H31N3O9S. The summed E-state index contributed by atoms with van der Waals surface area (Å²) in [6.45, 7) is 1.92. The zero-order chi connectivity index (χ0) is 34.4. The predicted octanol–water partition coefficient (Wildman–Crippen LogP) is 5.64. The van der Waals surface area contributed by atoms with Crippen LogP contribution in [0.4, 0.5) is 0 Å². The molecule has 0 saturated heterocycles. The van der Waals surface area contributed by atoms with Crippen LogP contribution >= 0.6 is 0 Å². The summed E-state index contributed by atoms with van der Waals surface area (Å²) in [5.74, 6) is -1.14. The third-order valence-corrected chi connectivity index (χ3v) is 8.77. The first-order valence-corrected chi connectivity index (χ1v) is 17.6. The number of imide groups is 2. The first kappa shape index (κ1) is 32.2. The molecule has 4 amide bonds. The Morgan fingerprint density at radius 2 is 1.06 bits per heavy atom. The van der Waals surface area contributed by atoms with Crippen LogP contribution < -0.4 is 5.32 Å². The molecule has 4 aromatic carbocycles. The topological polar surface area (TPSA) is 167 Å². The van der Waals surface area contributed by atoms with Crippen molar-refractivity contribution < 1.29 is 41.0 Å². The van der Waals surface area contributed by atoms with E-state index in [2.05, 4.69) is 5.32 Å². The summed E-state index contributed by atoms with van der Waals surface area (Å²) in [6, 6.07) is 18.2. The summed E-state index contributed by atoms with van der Waals surface area (Å²) in [7, 11) is -3.67. The molecule has 0 saturated carbocycles. The molecule has 0 bridgehead atoms. The summed E-state index contributed by atoms with van der Waals surface area (Å²) < 4.78 is 37.1. The van der Waals surface area contributed by atoms with Gasteiger partial charge in [0.2, 0.25) is 0 Å². The molecule has 250 valence electrons. The van der Waals surface area contributed by atoms with Crippen LogP contribution in [0.2, 0.25) is 0 Å². The zero-order valence-electron chi connectivity index (χ0n) is 26.4. The van der Waals surface area contributed by atoms with Crippen molar-refractivity contribution in [3.63, 3.8) is 0 Å². The molecule has 8 rings (SSSR count). The molecule has 2 N–H and O–H groups in total. The minimum Gasteiger partial charge on any atom is -0.464 e. The van der Waals surface area contributed by atoms with Crippen molar-refractivity contribution in [2.45, 2.75) is 19.3 Å². The number of benzene rings is 4. The Morgan fingerprint density at radius 3 is 1.55 bits per heavy atom. The van der Waals surface area contributed by atoms with Gasteiger partial charge < -0.3 is 14.2 Å². The van der Waals surface area contributed by atoms with Crippen LogP contribution in [0, 0.1) is 0 Å². The third-order valence-electron chi connectivity index (χ3n) is 8.77. The monoisotopic (exact) mass is 681 g/mol. The van der Waals surface area contributed by atoms with E-state index in [4.69, 9.17) is 13.4 Å². The lowest BCUT2D eigenvalue weighted by Crippen LogP contribution is -2.41. The fourth-order valence-corrected chi connectivity index (χ4v) is 6.70. The second-order valence-electron chi connectivity index (χ2n) is 12.0. The Labute approximate surface area is 280 Å². The third kappa shape index (κ3) is 5.86. The van der Waals surface area contributed by atoms with Crippen molar-refractivity contribution in [3.8, 4) is 0 Å². The largest absolute Gasteiger partial charge is 0.464 e. The van der Waals surface area contributed by atoms with Crippen LogP contribution in [0.25, 0.3) is 43.5 Å². The van der Waals surface area contributed by atoms with Crippen LogP contribution in [-0.2, 0) is 10.1 Å². The van der Waals surface area contributed by atoms with Crippen LogP contribution in [0.3, 0.4) is 0 Å². The lowest BCUT2D eigenvalue weighted by atomic mass is 9.92. The number of nitrogens with zero attached hydrogens (tertiary/aromatic N) is 2. The first-order chi connectivity index (χ1) is 23.5. The van der Waals surface area contributed by atoms with Gasteiger partial charge in [-0.05, 0) is 68.8 Å². The van der Waals surface area contributed by atoms with E-state index in [1.165, 1.54) is 9.80 Å². The SMILES string of the molecule is CS(=O)(=O)O.O=C1c2cccc3c2c(cc2ccoc23)C(=O)N1CCCCNCCCN1C(=O)c2cccc3c2c(cc2ccoc23)C1=O. The van der Waals surface area contributed by atoms with Gasteiger partial charge in [0.05, 0.1) is 18.8 Å². The number of carbonyl (C=O) groups is 4. The summed E-state index contributed by atoms with van der Waals surface area (Å²) in [6.07, 6.45) is 5.91. The van der Waals surface area contributed by atoms with Crippen molar-refractivity contribution in [1.29, 1.82) is 0 Å². The molecule has 2 aromatic heterocycles. The molecule has 49 heavy (non-hydrogen) atoms. The zero-order valence-corrected chi connectivity index (χ0v) is 27.2. The number of fused-ring (bicyclic) bond motifs is 4. The molecule has 2 aliphatic rings. The Kier molecular flexibility index (Phi) is 8.27. The van der Waals surface area contributed by atoms with Crippen LogP contribution in [-0.4, -0.2) is 78.8 Å². The molecule has 0 atom stereocenters. The Hall–Kier alpha value is -5.37. The number of hydrogen-bond acceptors (Lipinski definition) is 9. The maximum atomic E-state index is 13.4. The van der Waals surface area contributed by atoms with Crippen molar-refractivity contribution in [3.05, 3.63) is 95.4 Å². The van der Waals surface area contributed by atoms with E-state index >= 15 is 0 Å². The molecule has 0 radical (unpaired) electrons. The van der Waals surface area contributed by atoms with Gasteiger partial charge in [-0.3, -0.25) is 33.5 Å². The maximum absolute atomic E-state index is 13.4. The van der Waals surface area contributed by atoms with Gasteiger partial charge in [0.15, 0.2) is 0 Å². The van der Waals surface area contributed by atoms with Crippen molar-refractivity contribution in [2.24, 2.45) is 0 Å². The van der Waals surface area contributed by atoms with E-state index in [-0.39, 0.29) is 23.6 Å². The highest BCUT2D eigenvalue weighted by Gasteiger charge is 2.35. The number of nitrogens with one attached hydrogen (secondary N) is 1. The van der Waals surface area contributed by atoms with Gasteiger partial charge in [-0.1, -0.05) is 24.3 Å². The van der Waals surface area contributed by atoms with Gasteiger partial charge in [0.1, 0.15) is 11.2 Å². The fourth-order valence-electron chi connectivity index (χ4n) is 6.70. The van der Waals surface area contributed by atoms with Crippen molar-refractivity contribution >= 4 is 77.2 Å². The van der Waals surface area contributed by atoms with Crippen LogP contribution in [0.5, 0.6) is 0 Å². The smallest absolute Gasteiger partial charge is 0.261 e. The summed E-state index contributed by atoms with van der Waals surface area (Å²) in [5.41, 5.74) is 3.43. The Bertz CT molecular complexity index is 2280. The van der Waals surface area contributed by atoms with E-state index in [9.17, 15) is 27.6 Å². The van der Waals surface area contributed by atoms with E-state index in [0.29, 0.717) is 89.5 Å². The molecule has 2 aliphatic heterocycles. The fraction of sp³-hybridized carbons (Fsp3) is 0.222. The number of unbranched alkanes of at least 4 members (excludes halogenated alkanes) is 1. The lowest BCUT2D eigenvalue weighted by Gasteiger charge is -2.27. The Morgan fingerprint density at radius 1 is 0.633 bits per heavy atom. The lowest BCUT2D eigenvalue weighted by molar-refractivity contribution is 0.0591. The molecule has 0 aliphatic carbocycles. The van der Waals surface area contributed by atoms with Crippen LogP contribution in [0.1, 0.15) is 60.7 Å². The molecule has 13 heteroatoms. The van der Waals surface area contributed by atoms with Crippen LogP contribution in [0.15, 0.2) is 82.0 Å².